The normalized spacial score (nSPS) is 10.3. The van der Waals surface area contributed by atoms with Gasteiger partial charge in [0.25, 0.3) is 5.91 Å². The average Bonchev–Trinajstić information content (AvgIpc) is 2.41. The Balaban J connectivity index is 2.02. The molecule has 0 fully saturated rings. The first-order valence-electron chi connectivity index (χ1n) is 5.88. The van der Waals surface area contributed by atoms with Crippen molar-refractivity contribution >= 4 is 11.7 Å². The Kier molecular flexibility index (Phi) is 4.02. The lowest BCUT2D eigenvalue weighted by Crippen LogP contribution is -2.15. The van der Waals surface area contributed by atoms with Crippen molar-refractivity contribution in [3.05, 3.63) is 42.2 Å². The third-order valence-electron chi connectivity index (χ3n) is 2.14. The molecule has 0 radical (unpaired) electrons. The highest BCUT2D eigenvalue weighted by Gasteiger charge is 2.08. The summed E-state index contributed by atoms with van der Waals surface area (Å²) in [5.41, 5.74) is 0.326. The van der Waals surface area contributed by atoms with Gasteiger partial charge in [-0.3, -0.25) is 9.78 Å². The zero-order valence-corrected chi connectivity index (χ0v) is 10.7. The van der Waals surface area contributed by atoms with Crippen molar-refractivity contribution in [1.29, 1.82) is 0 Å². The first kappa shape index (κ1) is 12.9. The molecule has 2 aromatic rings. The Morgan fingerprint density at radius 2 is 2.05 bits per heavy atom. The fourth-order valence-corrected chi connectivity index (χ4v) is 1.37. The lowest BCUT2D eigenvalue weighted by molar-refractivity contribution is 0.102. The van der Waals surface area contributed by atoms with Gasteiger partial charge in [-0.05, 0) is 32.0 Å². The van der Waals surface area contributed by atoms with Crippen LogP contribution < -0.4 is 10.1 Å². The zero-order chi connectivity index (χ0) is 13.7. The third kappa shape index (κ3) is 3.74. The number of carbonyl (C=O) groups excluding carboxylic acids is 1. The van der Waals surface area contributed by atoms with E-state index >= 15 is 0 Å². The van der Waals surface area contributed by atoms with E-state index in [-0.39, 0.29) is 12.0 Å². The standard InChI is InChI=1S/C13H14N4O2/c1-9(2)19-12-7-6-11(16-17-12)15-13(18)10-5-3-4-8-14-10/h3-9H,1-2H3,(H,15,16,18). The molecule has 0 saturated carbocycles. The van der Waals surface area contributed by atoms with E-state index in [2.05, 4.69) is 20.5 Å². The van der Waals surface area contributed by atoms with Crippen molar-refractivity contribution < 1.29 is 9.53 Å². The van der Waals surface area contributed by atoms with Crippen molar-refractivity contribution in [1.82, 2.24) is 15.2 Å². The molecule has 2 heterocycles. The maximum atomic E-state index is 11.8. The summed E-state index contributed by atoms with van der Waals surface area (Å²) in [6.45, 7) is 3.80. The molecule has 0 spiro atoms. The van der Waals surface area contributed by atoms with Crippen molar-refractivity contribution in [3.8, 4) is 5.88 Å². The van der Waals surface area contributed by atoms with E-state index in [1.807, 2.05) is 13.8 Å². The zero-order valence-electron chi connectivity index (χ0n) is 10.7. The van der Waals surface area contributed by atoms with Crippen LogP contribution in [0.5, 0.6) is 5.88 Å². The number of rotatable bonds is 4. The highest BCUT2D eigenvalue weighted by Crippen LogP contribution is 2.10. The van der Waals surface area contributed by atoms with Crippen LogP contribution in [-0.4, -0.2) is 27.2 Å². The molecule has 0 aromatic carbocycles. The van der Waals surface area contributed by atoms with E-state index < -0.39 is 0 Å². The summed E-state index contributed by atoms with van der Waals surface area (Å²) < 4.78 is 5.36. The third-order valence-corrected chi connectivity index (χ3v) is 2.14. The van der Waals surface area contributed by atoms with Gasteiger partial charge in [0, 0.05) is 12.3 Å². The number of nitrogens with zero attached hydrogens (tertiary/aromatic N) is 3. The van der Waals surface area contributed by atoms with Gasteiger partial charge < -0.3 is 10.1 Å². The van der Waals surface area contributed by atoms with Crippen LogP contribution in [0.2, 0.25) is 0 Å². The summed E-state index contributed by atoms with van der Waals surface area (Å²) in [6.07, 6.45) is 1.59. The van der Waals surface area contributed by atoms with Crippen LogP contribution in [0.15, 0.2) is 36.5 Å². The molecule has 0 saturated heterocycles. The molecular weight excluding hydrogens is 244 g/mol. The molecule has 0 atom stereocenters. The summed E-state index contributed by atoms with van der Waals surface area (Å²) >= 11 is 0. The van der Waals surface area contributed by atoms with Gasteiger partial charge in [-0.1, -0.05) is 6.07 Å². The first-order valence-corrected chi connectivity index (χ1v) is 5.88. The molecule has 0 unspecified atom stereocenters. The lowest BCUT2D eigenvalue weighted by Gasteiger charge is -2.08. The van der Waals surface area contributed by atoms with Crippen molar-refractivity contribution in [2.45, 2.75) is 20.0 Å². The van der Waals surface area contributed by atoms with Crippen LogP contribution in [0.25, 0.3) is 0 Å². The van der Waals surface area contributed by atoms with E-state index in [1.165, 1.54) is 0 Å². The number of pyridine rings is 1. The molecule has 1 amide bonds. The quantitative estimate of drug-likeness (QED) is 0.906. The number of hydrogen-bond donors (Lipinski definition) is 1. The summed E-state index contributed by atoms with van der Waals surface area (Å²) in [5, 5.41) is 10.3. The van der Waals surface area contributed by atoms with Crippen molar-refractivity contribution in [2.75, 3.05) is 5.32 Å². The molecule has 2 rings (SSSR count). The number of anilines is 1. The minimum absolute atomic E-state index is 0.0308. The lowest BCUT2D eigenvalue weighted by atomic mass is 10.3. The molecule has 2 aromatic heterocycles. The summed E-state index contributed by atoms with van der Waals surface area (Å²) in [6, 6.07) is 8.40. The van der Waals surface area contributed by atoms with Gasteiger partial charge in [-0.2, -0.15) is 0 Å². The van der Waals surface area contributed by atoms with Gasteiger partial charge in [-0.25, -0.2) is 0 Å². The fraction of sp³-hybridized carbons (Fsp3) is 0.231. The van der Waals surface area contributed by atoms with Crippen molar-refractivity contribution in [2.24, 2.45) is 0 Å². The number of hydrogen-bond acceptors (Lipinski definition) is 5. The van der Waals surface area contributed by atoms with E-state index in [1.54, 1.807) is 36.5 Å². The molecule has 6 nitrogen and oxygen atoms in total. The van der Waals surface area contributed by atoms with Gasteiger partial charge in [0.05, 0.1) is 6.10 Å². The highest BCUT2D eigenvalue weighted by molar-refractivity contribution is 6.02. The first-order chi connectivity index (χ1) is 9.15. The second-order valence-corrected chi connectivity index (χ2v) is 4.09. The minimum Gasteiger partial charge on any atom is -0.474 e. The number of amides is 1. The van der Waals surface area contributed by atoms with Gasteiger partial charge in [-0.15, -0.1) is 10.2 Å². The Morgan fingerprint density at radius 3 is 2.63 bits per heavy atom. The summed E-state index contributed by atoms with van der Waals surface area (Å²) in [5.74, 6) is 0.449. The number of ether oxygens (including phenoxy) is 1. The van der Waals surface area contributed by atoms with Crippen LogP contribution in [0, 0.1) is 0 Å². The van der Waals surface area contributed by atoms with E-state index in [9.17, 15) is 4.79 Å². The van der Waals surface area contributed by atoms with Crippen LogP contribution in [0.4, 0.5) is 5.82 Å². The van der Waals surface area contributed by atoms with Gasteiger partial charge in [0.15, 0.2) is 5.82 Å². The Labute approximate surface area is 110 Å². The second kappa shape index (κ2) is 5.90. The van der Waals surface area contributed by atoms with Crippen LogP contribution in [-0.2, 0) is 0 Å². The topological polar surface area (TPSA) is 77.0 Å². The van der Waals surface area contributed by atoms with E-state index in [0.29, 0.717) is 17.4 Å². The number of nitrogens with one attached hydrogen (secondary N) is 1. The summed E-state index contributed by atoms with van der Waals surface area (Å²) in [4.78, 5) is 15.8. The maximum absolute atomic E-state index is 11.8. The van der Waals surface area contributed by atoms with E-state index in [4.69, 9.17) is 4.74 Å². The largest absolute Gasteiger partial charge is 0.474 e. The Hall–Kier alpha value is -2.50. The fourth-order valence-electron chi connectivity index (χ4n) is 1.37. The molecule has 0 bridgehead atoms. The van der Waals surface area contributed by atoms with Gasteiger partial charge in [0.1, 0.15) is 5.69 Å². The number of aromatic nitrogens is 3. The molecule has 6 heteroatoms. The maximum Gasteiger partial charge on any atom is 0.275 e. The van der Waals surface area contributed by atoms with E-state index in [0.717, 1.165) is 0 Å². The smallest absolute Gasteiger partial charge is 0.275 e. The molecule has 98 valence electrons. The van der Waals surface area contributed by atoms with Crippen LogP contribution in [0.3, 0.4) is 0 Å². The second-order valence-electron chi connectivity index (χ2n) is 4.09. The predicted octanol–water partition coefficient (Wildman–Crippen LogP) is 1.91. The van der Waals surface area contributed by atoms with Gasteiger partial charge >= 0.3 is 0 Å². The average molecular weight is 258 g/mol. The van der Waals surface area contributed by atoms with Crippen LogP contribution in [0.1, 0.15) is 24.3 Å². The number of carbonyl (C=O) groups is 1. The minimum atomic E-state index is -0.326. The molecule has 0 aliphatic heterocycles. The molecule has 0 aliphatic rings. The Bertz CT molecular complexity index is 540. The van der Waals surface area contributed by atoms with Crippen LogP contribution >= 0.6 is 0 Å². The molecule has 1 N–H and O–H groups in total. The molecule has 19 heavy (non-hydrogen) atoms. The molecular formula is C13H14N4O2. The summed E-state index contributed by atoms with van der Waals surface area (Å²) in [7, 11) is 0. The predicted molar refractivity (Wildman–Crippen MR) is 70.0 cm³/mol. The monoisotopic (exact) mass is 258 g/mol. The highest BCUT2D eigenvalue weighted by atomic mass is 16.5. The SMILES string of the molecule is CC(C)Oc1ccc(NC(=O)c2ccccn2)nn1. The van der Waals surface area contributed by atoms with Gasteiger partial charge in [0.2, 0.25) is 5.88 Å². The Morgan fingerprint density at radius 1 is 1.21 bits per heavy atom. The van der Waals surface area contributed by atoms with Crippen molar-refractivity contribution in [3.63, 3.8) is 0 Å². The molecule has 0 aliphatic carbocycles.